The molecule has 1 aliphatic rings. The number of carbonyl (C=O) groups excluding carboxylic acids is 2. The Hall–Kier alpha value is -3.92. The summed E-state index contributed by atoms with van der Waals surface area (Å²) in [5.41, 5.74) is 1.11. The summed E-state index contributed by atoms with van der Waals surface area (Å²) in [6, 6.07) is 15.8. The lowest BCUT2D eigenvalue weighted by Gasteiger charge is -2.35. The third kappa shape index (κ3) is 5.91. The van der Waals surface area contributed by atoms with Crippen molar-refractivity contribution in [3.8, 4) is 27.3 Å². The fourth-order valence-corrected chi connectivity index (χ4v) is 5.10. The molecule has 0 unspecified atom stereocenters. The second-order valence-corrected chi connectivity index (χ2v) is 10.7. The molecule has 194 valence electrons. The zero-order valence-corrected chi connectivity index (χ0v) is 22.0. The van der Waals surface area contributed by atoms with Gasteiger partial charge in [-0.2, -0.15) is 0 Å². The summed E-state index contributed by atoms with van der Waals surface area (Å²) in [6.45, 7) is 7.02. The van der Waals surface area contributed by atoms with Gasteiger partial charge in [-0.05, 0) is 44.5 Å². The van der Waals surface area contributed by atoms with Gasteiger partial charge >= 0.3 is 6.09 Å². The molecule has 9 nitrogen and oxygen atoms in total. The van der Waals surface area contributed by atoms with Crippen LogP contribution in [0.15, 0.2) is 54.6 Å². The van der Waals surface area contributed by atoms with Gasteiger partial charge in [-0.25, -0.2) is 4.79 Å². The van der Waals surface area contributed by atoms with Crippen molar-refractivity contribution in [3.05, 3.63) is 69.6 Å². The summed E-state index contributed by atoms with van der Waals surface area (Å²) in [6.07, 6.45) is -0.384. The van der Waals surface area contributed by atoms with Gasteiger partial charge in [-0.1, -0.05) is 30.3 Å². The van der Waals surface area contributed by atoms with E-state index in [0.717, 1.165) is 0 Å². The Morgan fingerprint density at radius 3 is 2.19 bits per heavy atom. The van der Waals surface area contributed by atoms with Crippen molar-refractivity contribution in [2.24, 2.45) is 0 Å². The standard InChI is InChI=1S/C27H29N3O6S/c1-27(2,3)36-26(32)29-14-12-28(13-15-29)25(31)24-11-10-23(37-24)20-16-21(30(33)34)19(17-22(20)35-4)18-8-6-5-7-9-18/h5-11,16-17H,12-15H2,1-4H3. The van der Waals surface area contributed by atoms with Crippen LogP contribution in [-0.2, 0) is 4.74 Å². The highest BCUT2D eigenvalue weighted by Crippen LogP contribution is 2.42. The van der Waals surface area contributed by atoms with Crippen molar-refractivity contribution < 1.29 is 24.0 Å². The fourth-order valence-electron chi connectivity index (χ4n) is 4.10. The lowest BCUT2D eigenvalue weighted by molar-refractivity contribution is -0.384. The highest BCUT2D eigenvalue weighted by Gasteiger charge is 2.29. The molecular formula is C27H29N3O6S. The van der Waals surface area contributed by atoms with E-state index in [9.17, 15) is 19.7 Å². The number of rotatable bonds is 5. The predicted molar refractivity (Wildman–Crippen MR) is 142 cm³/mol. The maximum atomic E-state index is 13.2. The van der Waals surface area contributed by atoms with Crippen LogP contribution in [0.5, 0.6) is 5.75 Å². The average Bonchev–Trinajstić information content (AvgIpc) is 3.37. The molecule has 0 bridgehead atoms. The van der Waals surface area contributed by atoms with E-state index in [1.165, 1.54) is 24.5 Å². The van der Waals surface area contributed by atoms with Crippen LogP contribution in [0.4, 0.5) is 10.5 Å². The topological polar surface area (TPSA) is 102 Å². The minimum absolute atomic E-state index is 0.0402. The molecular weight excluding hydrogens is 494 g/mol. The zero-order valence-electron chi connectivity index (χ0n) is 21.2. The number of hydrogen-bond acceptors (Lipinski definition) is 7. The first-order valence-corrected chi connectivity index (χ1v) is 12.7. The third-order valence-electron chi connectivity index (χ3n) is 5.90. The van der Waals surface area contributed by atoms with E-state index in [1.807, 2.05) is 51.1 Å². The Morgan fingerprint density at radius 1 is 0.946 bits per heavy atom. The van der Waals surface area contributed by atoms with E-state index < -0.39 is 10.5 Å². The van der Waals surface area contributed by atoms with Crippen LogP contribution in [-0.4, -0.2) is 65.6 Å². The molecule has 0 aliphatic carbocycles. The first kappa shape index (κ1) is 26.2. The molecule has 0 saturated carbocycles. The van der Waals surface area contributed by atoms with E-state index >= 15 is 0 Å². The Balaban J connectivity index is 1.54. The molecule has 0 radical (unpaired) electrons. The maximum absolute atomic E-state index is 13.2. The first-order chi connectivity index (χ1) is 17.6. The smallest absolute Gasteiger partial charge is 0.410 e. The number of piperazine rings is 1. The van der Waals surface area contributed by atoms with Crippen molar-refractivity contribution in [1.82, 2.24) is 9.80 Å². The molecule has 4 rings (SSSR count). The maximum Gasteiger partial charge on any atom is 0.410 e. The number of amides is 2. The molecule has 1 saturated heterocycles. The minimum atomic E-state index is -0.577. The van der Waals surface area contributed by atoms with Crippen LogP contribution in [0.25, 0.3) is 21.6 Å². The molecule has 1 aliphatic heterocycles. The molecule has 0 N–H and O–H groups in total. The van der Waals surface area contributed by atoms with Crippen molar-refractivity contribution in [1.29, 1.82) is 0 Å². The van der Waals surface area contributed by atoms with Crippen molar-refractivity contribution >= 4 is 29.0 Å². The SMILES string of the molecule is COc1cc(-c2ccccc2)c([N+](=O)[O-])cc1-c1ccc(C(=O)N2CCN(C(=O)OC(C)(C)C)CC2)s1. The molecule has 3 aromatic rings. The van der Waals surface area contributed by atoms with E-state index in [1.54, 1.807) is 28.0 Å². The summed E-state index contributed by atoms with van der Waals surface area (Å²) in [5.74, 6) is 0.339. The first-order valence-electron chi connectivity index (χ1n) is 11.9. The number of nitro groups is 1. The van der Waals surface area contributed by atoms with E-state index in [2.05, 4.69) is 0 Å². The summed E-state index contributed by atoms with van der Waals surface area (Å²) in [7, 11) is 1.52. The number of nitro benzene ring substituents is 1. The van der Waals surface area contributed by atoms with Gasteiger partial charge < -0.3 is 19.3 Å². The normalized spacial score (nSPS) is 13.8. The number of benzene rings is 2. The number of ether oxygens (including phenoxy) is 2. The molecule has 0 spiro atoms. The fraction of sp³-hybridized carbons (Fsp3) is 0.333. The highest BCUT2D eigenvalue weighted by molar-refractivity contribution is 7.17. The van der Waals surface area contributed by atoms with Gasteiger partial charge in [-0.15, -0.1) is 11.3 Å². The molecule has 0 atom stereocenters. The van der Waals surface area contributed by atoms with Crippen molar-refractivity contribution in [2.45, 2.75) is 26.4 Å². The quantitative estimate of drug-likeness (QED) is 0.314. The van der Waals surface area contributed by atoms with Gasteiger partial charge in [0.05, 0.1) is 22.5 Å². The minimum Gasteiger partial charge on any atom is -0.496 e. The molecule has 2 aromatic carbocycles. The number of hydrogen-bond donors (Lipinski definition) is 0. The third-order valence-corrected chi connectivity index (χ3v) is 7.01. The summed E-state index contributed by atoms with van der Waals surface area (Å²) in [5, 5.41) is 11.9. The van der Waals surface area contributed by atoms with Gasteiger partial charge in [0.15, 0.2) is 0 Å². The van der Waals surface area contributed by atoms with Crippen LogP contribution in [0.2, 0.25) is 0 Å². The van der Waals surface area contributed by atoms with Gasteiger partial charge in [0, 0.05) is 42.7 Å². The summed E-state index contributed by atoms with van der Waals surface area (Å²) in [4.78, 5) is 41.5. The highest BCUT2D eigenvalue weighted by atomic mass is 32.1. The second-order valence-electron chi connectivity index (χ2n) is 9.62. The van der Waals surface area contributed by atoms with Gasteiger partial charge in [0.1, 0.15) is 11.4 Å². The molecule has 2 heterocycles. The van der Waals surface area contributed by atoms with Gasteiger partial charge in [0.2, 0.25) is 0 Å². The van der Waals surface area contributed by atoms with Crippen LogP contribution in [0.3, 0.4) is 0 Å². The predicted octanol–water partition coefficient (Wildman–Crippen LogP) is 5.69. The zero-order chi connectivity index (χ0) is 26.7. The largest absolute Gasteiger partial charge is 0.496 e. The van der Waals surface area contributed by atoms with Crippen LogP contribution in [0.1, 0.15) is 30.4 Å². The number of methoxy groups -OCH3 is 1. The molecule has 2 amide bonds. The molecule has 37 heavy (non-hydrogen) atoms. The lowest BCUT2D eigenvalue weighted by Crippen LogP contribution is -2.51. The Kier molecular flexibility index (Phi) is 7.49. The number of thiophene rings is 1. The monoisotopic (exact) mass is 523 g/mol. The Bertz CT molecular complexity index is 1310. The van der Waals surface area contributed by atoms with Crippen LogP contribution < -0.4 is 4.74 Å². The molecule has 1 fully saturated rings. The van der Waals surface area contributed by atoms with Gasteiger partial charge in [-0.3, -0.25) is 14.9 Å². The average molecular weight is 524 g/mol. The van der Waals surface area contributed by atoms with Crippen molar-refractivity contribution in [3.63, 3.8) is 0 Å². The Labute approximate surface area is 219 Å². The van der Waals surface area contributed by atoms with Crippen LogP contribution in [0, 0.1) is 10.1 Å². The van der Waals surface area contributed by atoms with E-state index in [4.69, 9.17) is 9.47 Å². The number of nitrogens with zero attached hydrogens (tertiary/aromatic N) is 3. The van der Waals surface area contributed by atoms with E-state index in [-0.39, 0.29) is 17.7 Å². The Morgan fingerprint density at radius 2 is 1.59 bits per heavy atom. The lowest BCUT2D eigenvalue weighted by atomic mass is 10.00. The van der Waals surface area contributed by atoms with Gasteiger partial charge in [0.25, 0.3) is 11.6 Å². The van der Waals surface area contributed by atoms with E-state index in [0.29, 0.717) is 58.4 Å². The van der Waals surface area contributed by atoms with Crippen molar-refractivity contribution in [2.75, 3.05) is 33.3 Å². The summed E-state index contributed by atoms with van der Waals surface area (Å²) < 4.78 is 11.0. The van der Waals surface area contributed by atoms with Crippen LogP contribution >= 0.6 is 11.3 Å². The second kappa shape index (κ2) is 10.6. The molecule has 10 heteroatoms. The molecule has 1 aromatic heterocycles. The summed E-state index contributed by atoms with van der Waals surface area (Å²) >= 11 is 1.26. The number of carbonyl (C=O) groups is 2.